The minimum atomic E-state index is -5.08. The first-order valence-electron chi connectivity index (χ1n) is 12.3. The van der Waals surface area contributed by atoms with Crippen molar-refractivity contribution in [1.82, 2.24) is 14.5 Å². The van der Waals surface area contributed by atoms with Crippen molar-refractivity contribution in [3.05, 3.63) is 42.5 Å². The molecule has 1 unspecified atom stereocenters. The number of methoxy groups -OCH3 is 1. The molecule has 2 aliphatic rings. The van der Waals surface area contributed by atoms with Gasteiger partial charge in [0.25, 0.3) is 0 Å². The Bertz CT molecular complexity index is 1100. The summed E-state index contributed by atoms with van der Waals surface area (Å²) in [4.78, 5) is 27.3. The number of ether oxygens (including phenoxy) is 2. The molecule has 0 amide bonds. The summed E-state index contributed by atoms with van der Waals surface area (Å²) in [5, 5.41) is 14.2. The van der Waals surface area contributed by atoms with Gasteiger partial charge in [-0.15, -0.1) is 0 Å². The summed E-state index contributed by atoms with van der Waals surface area (Å²) >= 11 is 0. The van der Waals surface area contributed by atoms with Crippen LogP contribution < -0.4 is 9.64 Å². The van der Waals surface area contributed by atoms with Crippen LogP contribution in [0.1, 0.15) is 18.7 Å². The van der Waals surface area contributed by atoms with E-state index < -0.39 is 24.3 Å². The second kappa shape index (κ2) is 14.4. The van der Waals surface area contributed by atoms with Gasteiger partial charge in [0.05, 0.1) is 26.9 Å². The number of rotatable bonds is 4. The van der Waals surface area contributed by atoms with Gasteiger partial charge in [-0.05, 0) is 43.7 Å². The molecule has 2 N–H and O–H groups in total. The maximum atomic E-state index is 10.6. The molecule has 1 aromatic carbocycles. The Morgan fingerprint density at radius 2 is 1.61 bits per heavy atom. The number of imidazole rings is 1. The predicted molar refractivity (Wildman–Crippen MR) is 134 cm³/mol. The summed E-state index contributed by atoms with van der Waals surface area (Å²) in [5.41, 5.74) is 1.43. The lowest BCUT2D eigenvalue weighted by Crippen LogP contribution is -2.50. The van der Waals surface area contributed by atoms with Gasteiger partial charge in [-0.25, -0.2) is 14.6 Å². The number of hydrogen-bond donors (Lipinski definition) is 2. The smallest absolute Gasteiger partial charge is 0.490 e. The highest BCUT2D eigenvalue weighted by Crippen LogP contribution is 2.35. The van der Waals surface area contributed by atoms with Crippen molar-refractivity contribution in [2.45, 2.75) is 31.7 Å². The van der Waals surface area contributed by atoms with Crippen LogP contribution in [0, 0.1) is 5.41 Å². The molecule has 10 nitrogen and oxygen atoms in total. The fourth-order valence-corrected chi connectivity index (χ4v) is 4.45. The summed E-state index contributed by atoms with van der Waals surface area (Å²) in [6.07, 6.45) is -3.83. The van der Waals surface area contributed by atoms with Crippen LogP contribution in [0.3, 0.4) is 0 Å². The molecule has 2 saturated heterocycles. The molecule has 2 aliphatic heterocycles. The molecule has 1 spiro atoms. The largest absolute Gasteiger partial charge is 0.497 e. The second-order valence-corrected chi connectivity index (χ2v) is 9.55. The number of aliphatic carboxylic acids is 2. The van der Waals surface area contributed by atoms with E-state index in [2.05, 4.69) is 38.5 Å². The second-order valence-electron chi connectivity index (χ2n) is 9.55. The van der Waals surface area contributed by atoms with Crippen molar-refractivity contribution < 1.29 is 55.6 Å². The standard InChI is InChI=1S/C21H30N4O2.2C2HF3O2/c1-23-11-9-22-20(23)14-24-10-3-8-21(15-24)16-25(12-13-27-17-21)18-4-6-19(26-2)7-5-18;2*3-2(4,5)1(6)7/h4-7,9,11H,3,8,10,12-17H2,1-2H3;2*(H,6,7). The van der Waals surface area contributed by atoms with Gasteiger partial charge in [-0.2, -0.15) is 26.3 Å². The molecule has 0 aliphatic carbocycles. The maximum absolute atomic E-state index is 10.6. The number of aromatic nitrogens is 2. The molecule has 4 rings (SSSR count). The molecule has 2 aromatic rings. The molecule has 3 heterocycles. The molecule has 230 valence electrons. The molecular weight excluding hydrogens is 566 g/mol. The zero-order chi connectivity index (χ0) is 30.8. The molecule has 0 bridgehead atoms. The van der Waals surface area contributed by atoms with Crippen LogP contribution in [-0.2, 0) is 27.9 Å². The summed E-state index contributed by atoms with van der Waals surface area (Å²) in [6, 6.07) is 8.41. The van der Waals surface area contributed by atoms with Crippen LogP contribution in [0.25, 0.3) is 0 Å². The van der Waals surface area contributed by atoms with E-state index in [1.807, 2.05) is 24.5 Å². The Labute approximate surface area is 232 Å². The van der Waals surface area contributed by atoms with E-state index in [0.717, 1.165) is 57.5 Å². The molecule has 16 heteroatoms. The minimum absolute atomic E-state index is 0.180. The first-order valence-corrected chi connectivity index (χ1v) is 12.3. The minimum Gasteiger partial charge on any atom is -0.497 e. The fraction of sp³-hybridized carbons (Fsp3) is 0.560. The SMILES string of the molecule is COc1ccc(N2CCOCC3(CCCN(Cc4nccn4C)C3)C2)cc1.O=C(O)C(F)(F)F.O=C(O)C(F)(F)F. The Hall–Kier alpha value is -3.53. The van der Waals surface area contributed by atoms with Gasteiger partial charge in [-0.1, -0.05) is 0 Å². The number of halogens is 6. The van der Waals surface area contributed by atoms with Gasteiger partial charge < -0.3 is 29.2 Å². The number of carboxylic acid groups (broad SMARTS) is 2. The third kappa shape index (κ3) is 10.8. The highest BCUT2D eigenvalue weighted by atomic mass is 19.4. The zero-order valence-electron chi connectivity index (χ0n) is 22.4. The zero-order valence-corrected chi connectivity index (χ0v) is 22.4. The first-order chi connectivity index (χ1) is 19.1. The van der Waals surface area contributed by atoms with E-state index in [1.165, 1.54) is 18.5 Å². The molecule has 0 radical (unpaired) electrons. The van der Waals surface area contributed by atoms with Gasteiger partial charge in [-0.3, -0.25) is 4.90 Å². The summed E-state index contributed by atoms with van der Waals surface area (Å²) in [7, 11) is 3.78. The van der Waals surface area contributed by atoms with Crippen LogP contribution in [0.5, 0.6) is 5.75 Å². The number of carboxylic acids is 2. The van der Waals surface area contributed by atoms with E-state index >= 15 is 0 Å². The average molecular weight is 599 g/mol. The number of aryl methyl sites for hydroxylation is 1. The number of piperidine rings is 1. The Balaban J connectivity index is 0.000000349. The topological polar surface area (TPSA) is 117 Å². The summed E-state index contributed by atoms with van der Waals surface area (Å²) in [6.45, 7) is 6.71. The third-order valence-corrected chi connectivity index (χ3v) is 6.39. The van der Waals surface area contributed by atoms with E-state index in [1.54, 1.807) is 7.11 Å². The number of benzene rings is 1. The normalized spacial score (nSPS) is 19.8. The highest BCUT2D eigenvalue weighted by molar-refractivity contribution is 5.73. The van der Waals surface area contributed by atoms with E-state index in [4.69, 9.17) is 29.3 Å². The summed E-state index contributed by atoms with van der Waals surface area (Å²) < 4.78 is 77.0. The van der Waals surface area contributed by atoms with Crippen LogP contribution in [-0.4, -0.2) is 95.5 Å². The van der Waals surface area contributed by atoms with Crippen molar-refractivity contribution in [1.29, 1.82) is 0 Å². The Kier molecular flexibility index (Phi) is 11.8. The number of likely N-dealkylation sites (tertiary alicyclic amines) is 1. The number of carbonyl (C=O) groups is 2. The van der Waals surface area contributed by atoms with Crippen LogP contribution in [0.15, 0.2) is 36.7 Å². The lowest BCUT2D eigenvalue weighted by Gasteiger charge is -2.44. The molecule has 1 atom stereocenters. The Morgan fingerprint density at radius 1 is 1.02 bits per heavy atom. The van der Waals surface area contributed by atoms with E-state index in [0.29, 0.717) is 0 Å². The molecule has 0 saturated carbocycles. The van der Waals surface area contributed by atoms with Crippen LogP contribution >= 0.6 is 0 Å². The van der Waals surface area contributed by atoms with Crippen LogP contribution in [0.2, 0.25) is 0 Å². The molecule has 41 heavy (non-hydrogen) atoms. The van der Waals surface area contributed by atoms with Crippen molar-refractivity contribution in [3.8, 4) is 5.75 Å². The predicted octanol–water partition coefficient (Wildman–Crippen LogP) is 3.81. The van der Waals surface area contributed by atoms with Crippen molar-refractivity contribution in [2.75, 3.05) is 51.4 Å². The lowest BCUT2D eigenvalue weighted by molar-refractivity contribution is -0.193. The molecular formula is C25H32F6N4O6. The van der Waals surface area contributed by atoms with Gasteiger partial charge in [0.2, 0.25) is 0 Å². The fourth-order valence-electron chi connectivity index (χ4n) is 4.45. The highest BCUT2D eigenvalue weighted by Gasteiger charge is 2.40. The van der Waals surface area contributed by atoms with Gasteiger partial charge in [0, 0.05) is 50.2 Å². The first kappa shape index (κ1) is 33.7. The number of hydrogen-bond acceptors (Lipinski definition) is 7. The number of nitrogens with zero attached hydrogens (tertiary/aromatic N) is 4. The summed E-state index contributed by atoms with van der Waals surface area (Å²) in [5.74, 6) is -3.48. The van der Waals surface area contributed by atoms with Crippen molar-refractivity contribution in [2.24, 2.45) is 12.5 Å². The van der Waals surface area contributed by atoms with Gasteiger partial charge in [0.15, 0.2) is 0 Å². The van der Waals surface area contributed by atoms with Gasteiger partial charge in [0.1, 0.15) is 11.6 Å². The van der Waals surface area contributed by atoms with Crippen molar-refractivity contribution in [3.63, 3.8) is 0 Å². The maximum Gasteiger partial charge on any atom is 0.490 e. The van der Waals surface area contributed by atoms with E-state index in [9.17, 15) is 26.3 Å². The van der Waals surface area contributed by atoms with Crippen LogP contribution in [0.4, 0.5) is 32.0 Å². The number of alkyl halides is 6. The third-order valence-electron chi connectivity index (χ3n) is 6.39. The number of anilines is 1. The lowest BCUT2D eigenvalue weighted by atomic mass is 9.80. The molecule has 2 fully saturated rings. The van der Waals surface area contributed by atoms with E-state index in [-0.39, 0.29) is 5.41 Å². The average Bonchev–Trinajstić information content (AvgIpc) is 3.18. The monoisotopic (exact) mass is 598 g/mol. The Morgan fingerprint density at radius 3 is 2.10 bits per heavy atom. The quantitative estimate of drug-likeness (QED) is 0.507. The molecule has 1 aromatic heterocycles. The van der Waals surface area contributed by atoms with Gasteiger partial charge >= 0.3 is 24.3 Å². The van der Waals surface area contributed by atoms with Crippen molar-refractivity contribution >= 4 is 17.6 Å².